The van der Waals surface area contributed by atoms with Crippen LogP contribution in [0.5, 0.6) is 0 Å². The molecule has 1 aliphatic rings. The number of carbonyl (C=O) groups is 1. The molecule has 0 spiro atoms. The Balaban J connectivity index is 1.95. The summed E-state index contributed by atoms with van der Waals surface area (Å²) in [6.45, 7) is 12.3. The largest absolute Gasteiger partial charge is 0.325 e. The van der Waals surface area contributed by atoms with Gasteiger partial charge in [-0.3, -0.25) is 9.69 Å². The second-order valence-corrected chi connectivity index (χ2v) is 6.78. The van der Waals surface area contributed by atoms with E-state index in [0.717, 1.165) is 31.9 Å². The number of anilines is 1. The fraction of sp³-hybridized carbons (Fsp3) is 0.588. The molecule has 0 bridgehead atoms. The monoisotopic (exact) mass is 289 g/mol. The Kier molecular flexibility index (Phi) is 5.01. The molecule has 4 heteroatoms. The summed E-state index contributed by atoms with van der Waals surface area (Å²) in [5.41, 5.74) is 2.28. The third kappa shape index (κ3) is 4.29. The van der Waals surface area contributed by atoms with E-state index in [1.807, 2.05) is 19.1 Å². The smallest absolute Gasteiger partial charge is 0.241 e. The van der Waals surface area contributed by atoms with E-state index in [-0.39, 0.29) is 17.4 Å². The Morgan fingerprint density at radius 2 is 1.76 bits per heavy atom. The molecule has 1 saturated heterocycles. The van der Waals surface area contributed by atoms with Gasteiger partial charge >= 0.3 is 0 Å². The van der Waals surface area contributed by atoms with E-state index in [0.29, 0.717) is 0 Å². The van der Waals surface area contributed by atoms with Gasteiger partial charge in [0, 0.05) is 31.9 Å². The van der Waals surface area contributed by atoms with Crippen molar-refractivity contribution in [2.75, 3.05) is 31.5 Å². The minimum absolute atomic E-state index is 0.0698. The van der Waals surface area contributed by atoms with Gasteiger partial charge in [-0.05, 0) is 30.0 Å². The molecule has 0 saturated carbocycles. The van der Waals surface area contributed by atoms with Gasteiger partial charge in [0.25, 0.3) is 0 Å². The maximum atomic E-state index is 12.3. The fourth-order valence-corrected chi connectivity index (χ4v) is 2.54. The van der Waals surface area contributed by atoms with E-state index >= 15 is 0 Å². The number of carbonyl (C=O) groups excluding carboxylic acids is 1. The van der Waals surface area contributed by atoms with E-state index in [4.69, 9.17) is 0 Å². The van der Waals surface area contributed by atoms with E-state index in [2.05, 4.69) is 48.4 Å². The Hall–Kier alpha value is -1.39. The van der Waals surface area contributed by atoms with Crippen molar-refractivity contribution in [3.63, 3.8) is 0 Å². The van der Waals surface area contributed by atoms with E-state index in [1.54, 1.807) is 0 Å². The minimum atomic E-state index is -0.0885. The molecule has 1 fully saturated rings. The summed E-state index contributed by atoms with van der Waals surface area (Å²) in [6, 6.07) is 8.07. The topological polar surface area (TPSA) is 44.4 Å². The summed E-state index contributed by atoms with van der Waals surface area (Å²) < 4.78 is 0. The molecular formula is C17H27N3O. The molecule has 1 aliphatic heterocycles. The summed E-state index contributed by atoms with van der Waals surface area (Å²) in [5, 5.41) is 6.32. The SMILES string of the molecule is CC(C(=O)Nc1ccc(C(C)(C)C)cc1)N1CCNCC1. The highest BCUT2D eigenvalue weighted by molar-refractivity contribution is 5.94. The zero-order chi connectivity index (χ0) is 15.5. The number of nitrogens with zero attached hydrogens (tertiary/aromatic N) is 1. The highest BCUT2D eigenvalue weighted by atomic mass is 16.2. The van der Waals surface area contributed by atoms with Crippen molar-refractivity contribution in [3.05, 3.63) is 29.8 Å². The molecule has 2 N–H and O–H groups in total. The third-order valence-electron chi connectivity index (χ3n) is 4.10. The van der Waals surface area contributed by atoms with Crippen molar-refractivity contribution >= 4 is 11.6 Å². The Morgan fingerprint density at radius 1 is 1.19 bits per heavy atom. The van der Waals surface area contributed by atoms with Crippen molar-refractivity contribution in [1.29, 1.82) is 0 Å². The minimum Gasteiger partial charge on any atom is -0.325 e. The molecule has 0 aromatic heterocycles. The lowest BCUT2D eigenvalue weighted by Gasteiger charge is -2.31. The second-order valence-electron chi connectivity index (χ2n) is 6.78. The first-order valence-electron chi connectivity index (χ1n) is 7.74. The molecule has 116 valence electrons. The zero-order valence-corrected chi connectivity index (χ0v) is 13.6. The van der Waals surface area contributed by atoms with Gasteiger partial charge in [0.1, 0.15) is 0 Å². The molecule has 4 nitrogen and oxygen atoms in total. The quantitative estimate of drug-likeness (QED) is 0.897. The number of nitrogens with one attached hydrogen (secondary N) is 2. The van der Waals surface area contributed by atoms with Gasteiger partial charge in [-0.25, -0.2) is 0 Å². The highest BCUT2D eigenvalue weighted by Crippen LogP contribution is 2.23. The molecule has 1 heterocycles. The summed E-state index contributed by atoms with van der Waals surface area (Å²) in [6.07, 6.45) is 0. The molecule has 1 aromatic carbocycles. The fourth-order valence-electron chi connectivity index (χ4n) is 2.54. The first kappa shape index (κ1) is 16.0. The van der Waals surface area contributed by atoms with Crippen molar-refractivity contribution < 1.29 is 4.79 Å². The van der Waals surface area contributed by atoms with Gasteiger partial charge in [0.05, 0.1) is 6.04 Å². The van der Waals surface area contributed by atoms with Crippen molar-refractivity contribution in [2.24, 2.45) is 0 Å². The van der Waals surface area contributed by atoms with Crippen LogP contribution in [0, 0.1) is 0 Å². The maximum absolute atomic E-state index is 12.3. The molecule has 1 aromatic rings. The van der Waals surface area contributed by atoms with Crippen molar-refractivity contribution in [2.45, 2.75) is 39.2 Å². The molecule has 1 amide bonds. The molecule has 0 aliphatic carbocycles. The van der Waals surface area contributed by atoms with E-state index < -0.39 is 0 Å². The normalized spacial score (nSPS) is 18.3. The Bertz CT molecular complexity index is 470. The van der Waals surface area contributed by atoms with Crippen LogP contribution in [0.2, 0.25) is 0 Å². The maximum Gasteiger partial charge on any atom is 0.241 e. The summed E-state index contributed by atoms with van der Waals surface area (Å²) in [5.74, 6) is 0.0698. The van der Waals surface area contributed by atoms with Crippen LogP contribution >= 0.6 is 0 Å². The van der Waals surface area contributed by atoms with Crippen LogP contribution in [0.25, 0.3) is 0 Å². The van der Waals surface area contributed by atoms with Crippen LogP contribution in [0.1, 0.15) is 33.3 Å². The van der Waals surface area contributed by atoms with Gasteiger partial charge in [-0.15, -0.1) is 0 Å². The van der Waals surface area contributed by atoms with Gasteiger partial charge in [0.15, 0.2) is 0 Å². The van der Waals surface area contributed by atoms with Crippen LogP contribution < -0.4 is 10.6 Å². The standard InChI is InChI=1S/C17H27N3O/c1-13(20-11-9-18-10-12-20)16(21)19-15-7-5-14(6-8-15)17(2,3)4/h5-8,13,18H,9-12H2,1-4H3,(H,19,21). The van der Waals surface area contributed by atoms with Gasteiger partial charge in [0.2, 0.25) is 5.91 Å². The van der Waals surface area contributed by atoms with Crippen LogP contribution in [0.4, 0.5) is 5.69 Å². The Labute approximate surface area is 127 Å². The second kappa shape index (κ2) is 6.58. The van der Waals surface area contributed by atoms with Gasteiger partial charge < -0.3 is 10.6 Å². The summed E-state index contributed by atoms with van der Waals surface area (Å²) in [4.78, 5) is 14.5. The Morgan fingerprint density at radius 3 is 2.29 bits per heavy atom. The molecule has 1 atom stereocenters. The lowest BCUT2D eigenvalue weighted by atomic mass is 9.87. The number of amides is 1. The number of piperazine rings is 1. The summed E-state index contributed by atoms with van der Waals surface area (Å²) in [7, 11) is 0. The number of benzene rings is 1. The highest BCUT2D eigenvalue weighted by Gasteiger charge is 2.22. The lowest BCUT2D eigenvalue weighted by Crippen LogP contribution is -2.51. The summed E-state index contributed by atoms with van der Waals surface area (Å²) >= 11 is 0. The van der Waals surface area contributed by atoms with Gasteiger partial charge in [-0.1, -0.05) is 32.9 Å². The molecular weight excluding hydrogens is 262 g/mol. The zero-order valence-electron chi connectivity index (χ0n) is 13.6. The average Bonchev–Trinajstić information content (AvgIpc) is 2.47. The molecule has 2 rings (SSSR count). The van der Waals surface area contributed by atoms with Crippen molar-refractivity contribution in [3.8, 4) is 0 Å². The van der Waals surface area contributed by atoms with Gasteiger partial charge in [-0.2, -0.15) is 0 Å². The van der Waals surface area contributed by atoms with Crippen molar-refractivity contribution in [1.82, 2.24) is 10.2 Å². The third-order valence-corrected chi connectivity index (χ3v) is 4.10. The predicted octanol–water partition coefficient (Wildman–Crippen LogP) is 2.22. The van der Waals surface area contributed by atoms with Crippen LogP contribution in [0.15, 0.2) is 24.3 Å². The number of hydrogen-bond donors (Lipinski definition) is 2. The van der Waals surface area contributed by atoms with Crippen LogP contribution in [0.3, 0.4) is 0 Å². The number of rotatable bonds is 3. The molecule has 0 radical (unpaired) electrons. The predicted molar refractivity (Wildman–Crippen MR) is 87.7 cm³/mol. The van der Waals surface area contributed by atoms with E-state index in [9.17, 15) is 4.79 Å². The first-order chi connectivity index (χ1) is 9.88. The van der Waals surface area contributed by atoms with E-state index in [1.165, 1.54) is 5.56 Å². The molecule has 21 heavy (non-hydrogen) atoms. The van der Waals surface area contributed by atoms with Crippen LogP contribution in [-0.4, -0.2) is 43.0 Å². The lowest BCUT2D eigenvalue weighted by molar-refractivity contribution is -0.120. The first-order valence-corrected chi connectivity index (χ1v) is 7.74. The molecule has 1 unspecified atom stereocenters. The van der Waals surface area contributed by atoms with Crippen LogP contribution in [-0.2, 0) is 10.2 Å². The average molecular weight is 289 g/mol. The number of hydrogen-bond acceptors (Lipinski definition) is 3.